The number of thiazole rings is 1. The first-order valence-corrected chi connectivity index (χ1v) is 10.8. The predicted octanol–water partition coefficient (Wildman–Crippen LogP) is 4.44. The number of hydrogen-bond acceptors (Lipinski definition) is 5. The number of halogens is 1. The van der Waals surface area contributed by atoms with E-state index in [1.807, 2.05) is 37.3 Å². The maximum absolute atomic E-state index is 13.1. The van der Waals surface area contributed by atoms with E-state index in [4.69, 9.17) is 0 Å². The molecule has 0 aliphatic heterocycles. The van der Waals surface area contributed by atoms with Crippen LogP contribution < -0.4 is 0 Å². The van der Waals surface area contributed by atoms with Crippen LogP contribution in [0.1, 0.15) is 16.1 Å². The van der Waals surface area contributed by atoms with E-state index in [0.717, 1.165) is 19.3 Å². The molecule has 1 aromatic heterocycles. The third kappa shape index (κ3) is 4.57. The van der Waals surface area contributed by atoms with Gasteiger partial charge < -0.3 is 0 Å². The third-order valence-electron chi connectivity index (χ3n) is 3.53. The van der Waals surface area contributed by atoms with Crippen molar-refractivity contribution in [3.63, 3.8) is 0 Å². The molecule has 134 valence electrons. The Kier molecular flexibility index (Phi) is 5.85. The molecule has 0 aliphatic rings. The number of sulfonamides is 1. The minimum absolute atomic E-state index is 0.0653. The Hall–Kier alpha value is -2.03. The van der Waals surface area contributed by atoms with Crippen molar-refractivity contribution >= 4 is 43.5 Å². The predicted molar refractivity (Wildman–Crippen MR) is 108 cm³/mol. The van der Waals surface area contributed by atoms with Crippen LogP contribution in [0.25, 0.3) is 0 Å². The molecule has 0 unspecified atom stereocenters. The molecule has 0 radical (unpaired) electrons. The molecule has 3 rings (SSSR count). The van der Waals surface area contributed by atoms with Gasteiger partial charge in [0.2, 0.25) is 0 Å². The van der Waals surface area contributed by atoms with E-state index in [1.54, 1.807) is 30.5 Å². The maximum atomic E-state index is 13.1. The van der Waals surface area contributed by atoms with Crippen LogP contribution in [-0.2, 0) is 16.6 Å². The Bertz CT molecular complexity index is 1000. The van der Waals surface area contributed by atoms with Crippen LogP contribution in [0.4, 0.5) is 0 Å². The van der Waals surface area contributed by atoms with E-state index in [0.29, 0.717) is 5.01 Å². The fourth-order valence-electron chi connectivity index (χ4n) is 2.17. The third-order valence-corrected chi connectivity index (χ3v) is 6.63. The van der Waals surface area contributed by atoms with Gasteiger partial charge in [-0.15, -0.1) is 11.3 Å². The zero-order valence-corrected chi connectivity index (χ0v) is 17.1. The minimum Gasteiger partial charge on any atom is -0.246 e. The Morgan fingerprint density at radius 3 is 2.46 bits per heavy atom. The average molecular weight is 450 g/mol. The molecule has 26 heavy (non-hydrogen) atoms. The Morgan fingerprint density at radius 2 is 1.85 bits per heavy atom. The molecule has 0 atom stereocenters. The molecular weight excluding hydrogens is 434 g/mol. The van der Waals surface area contributed by atoms with Gasteiger partial charge >= 0.3 is 0 Å². The van der Waals surface area contributed by atoms with Gasteiger partial charge in [-0.1, -0.05) is 48.0 Å². The second-order valence-corrected chi connectivity index (χ2v) is 9.85. The molecule has 0 spiro atoms. The average Bonchev–Trinajstić information content (AvgIpc) is 3.04. The molecule has 3 aromatic rings. The second-order valence-electron chi connectivity index (χ2n) is 5.51. The molecule has 0 fully saturated rings. The zero-order chi connectivity index (χ0) is 18.6. The monoisotopic (exact) mass is 449 g/mol. The summed E-state index contributed by atoms with van der Waals surface area (Å²) in [5.41, 5.74) is 1.81. The number of aryl methyl sites for hydroxylation is 1. The van der Waals surface area contributed by atoms with E-state index in [-0.39, 0.29) is 11.4 Å². The molecule has 1 heterocycles. The van der Waals surface area contributed by atoms with Gasteiger partial charge in [-0.25, -0.2) is 4.98 Å². The molecule has 0 saturated carbocycles. The van der Waals surface area contributed by atoms with Gasteiger partial charge in [0.1, 0.15) is 11.6 Å². The number of aromatic nitrogens is 1. The van der Waals surface area contributed by atoms with Gasteiger partial charge in [-0.05, 0) is 40.5 Å². The molecule has 5 nitrogen and oxygen atoms in total. The summed E-state index contributed by atoms with van der Waals surface area (Å²) in [4.78, 5) is 4.42. The van der Waals surface area contributed by atoms with Crippen molar-refractivity contribution in [3.8, 4) is 0 Å². The van der Waals surface area contributed by atoms with Crippen molar-refractivity contribution in [1.29, 1.82) is 0 Å². The number of nitrogens with zero attached hydrogens (tertiary/aromatic N) is 3. The first-order chi connectivity index (χ1) is 12.4. The van der Waals surface area contributed by atoms with Crippen molar-refractivity contribution in [2.75, 3.05) is 0 Å². The van der Waals surface area contributed by atoms with E-state index < -0.39 is 10.0 Å². The molecule has 2 aromatic carbocycles. The maximum Gasteiger partial charge on any atom is 0.279 e. The van der Waals surface area contributed by atoms with Crippen molar-refractivity contribution < 1.29 is 8.42 Å². The lowest BCUT2D eigenvalue weighted by Gasteiger charge is -2.18. The van der Waals surface area contributed by atoms with Gasteiger partial charge in [-0.3, -0.25) is 0 Å². The highest BCUT2D eigenvalue weighted by molar-refractivity contribution is 9.11. The van der Waals surface area contributed by atoms with E-state index in [9.17, 15) is 8.42 Å². The summed E-state index contributed by atoms with van der Waals surface area (Å²) >= 11 is 4.73. The summed E-state index contributed by atoms with van der Waals surface area (Å²) in [6.45, 7) is 1.98. The summed E-state index contributed by atoms with van der Waals surface area (Å²) < 4.78 is 28.0. The molecule has 0 saturated heterocycles. The Morgan fingerprint density at radius 1 is 1.15 bits per heavy atom. The van der Waals surface area contributed by atoms with Crippen LogP contribution in [0, 0.1) is 6.92 Å². The SMILES string of the molecule is Cc1ccc(S(=O)(=O)N(Cc2ncc(Br)s2)/N=C/c2ccccc2)cc1. The second kappa shape index (κ2) is 8.11. The van der Waals surface area contributed by atoms with Crippen molar-refractivity contribution in [2.24, 2.45) is 5.10 Å². The van der Waals surface area contributed by atoms with Gasteiger partial charge in [0.25, 0.3) is 10.0 Å². The van der Waals surface area contributed by atoms with Crippen molar-refractivity contribution in [3.05, 3.63) is 80.7 Å². The first-order valence-electron chi connectivity index (χ1n) is 7.74. The van der Waals surface area contributed by atoms with Crippen molar-refractivity contribution in [1.82, 2.24) is 9.40 Å². The van der Waals surface area contributed by atoms with Crippen LogP contribution in [0.2, 0.25) is 0 Å². The van der Waals surface area contributed by atoms with Crippen molar-refractivity contribution in [2.45, 2.75) is 18.4 Å². The van der Waals surface area contributed by atoms with Crippen LogP contribution in [0.3, 0.4) is 0 Å². The van der Waals surface area contributed by atoms with Crippen LogP contribution in [0.15, 0.2) is 74.6 Å². The summed E-state index contributed by atoms with van der Waals surface area (Å²) in [6.07, 6.45) is 3.19. The highest BCUT2D eigenvalue weighted by Crippen LogP contribution is 2.24. The molecule has 0 bridgehead atoms. The zero-order valence-electron chi connectivity index (χ0n) is 13.9. The largest absolute Gasteiger partial charge is 0.279 e. The van der Waals surface area contributed by atoms with E-state index >= 15 is 0 Å². The lowest BCUT2D eigenvalue weighted by Crippen LogP contribution is -2.26. The molecule has 0 N–H and O–H groups in total. The quantitative estimate of drug-likeness (QED) is 0.412. The fraction of sp³-hybridized carbons (Fsp3) is 0.111. The number of benzene rings is 2. The van der Waals surface area contributed by atoms with Crippen LogP contribution >= 0.6 is 27.3 Å². The summed E-state index contributed by atoms with van der Waals surface area (Å²) in [5.74, 6) is 0. The fourth-order valence-corrected chi connectivity index (χ4v) is 4.72. The lowest BCUT2D eigenvalue weighted by atomic mass is 10.2. The number of rotatable bonds is 6. The molecule has 8 heteroatoms. The summed E-state index contributed by atoms with van der Waals surface area (Å²) in [6, 6.07) is 16.1. The lowest BCUT2D eigenvalue weighted by molar-refractivity contribution is 0.426. The van der Waals surface area contributed by atoms with E-state index in [1.165, 1.54) is 17.6 Å². The minimum atomic E-state index is -3.79. The molecule has 0 aliphatic carbocycles. The Balaban J connectivity index is 1.95. The van der Waals surface area contributed by atoms with E-state index in [2.05, 4.69) is 26.0 Å². The number of hydrazone groups is 1. The first kappa shape index (κ1) is 18.8. The molecular formula is C18H16BrN3O2S2. The highest BCUT2D eigenvalue weighted by Gasteiger charge is 2.24. The summed E-state index contributed by atoms with van der Waals surface area (Å²) in [5, 5.41) is 4.89. The van der Waals surface area contributed by atoms with Crippen LogP contribution in [-0.4, -0.2) is 24.0 Å². The van der Waals surface area contributed by atoms with Gasteiger partial charge in [0.05, 0.1) is 21.1 Å². The van der Waals surface area contributed by atoms with Crippen LogP contribution in [0.5, 0.6) is 0 Å². The van der Waals surface area contributed by atoms with Gasteiger partial charge in [-0.2, -0.15) is 17.9 Å². The summed E-state index contributed by atoms with van der Waals surface area (Å²) in [7, 11) is -3.79. The normalized spacial score (nSPS) is 11.8. The Labute approximate surface area is 165 Å². The van der Waals surface area contributed by atoms with Gasteiger partial charge in [0, 0.05) is 0 Å². The van der Waals surface area contributed by atoms with Gasteiger partial charge in [0.15, 0.2) is 0 Å². The number of hydrogen-bond donors (Lipinski definition) is 0. The molecule has 0 amide bonds. The smallest absolute Gasteiger partial charge is 0.246 e. The highest BCUT2D eigenvalue weighted by atomic mass is 79.9. The standard InChI is InChI=1S/C18H16BrN3O2S2/c1-14-7-9-16(10-8-14)26(23,24)22(13-18-20-12-17(19)25-18)21-11-15-5-3-2-4-6-15/h2-12H,13H2,1H3/b21-11+. The topological polar surface area (TPSA) is 62.6 Å².